The van der Waals surface area contributed by atoms with Crippen LogP contribution in [-0.2, 0) is 0 Å². The van der Waals surface area contributed by atoms with Crippen molar-refractivity contribution in [3.05, 3.63) is 53.8 Å². The molecule has 4 nitrogen and oxygen atoms in total. The molecule has 3 N–H and O–H groups in total. The number of aliphatic hydroxyl groups is 1. The molecule has 112 valence electrons. The lowest BCUT2D eigenvalue weighted by Gasteiger charge is -2.14. The van der Waals surface area contributed by atoms with E-state index < -0.39 is 11.9 Å². The second-order valence-electron chi connectivity index (χ2n) is 4.78. The number of rotatable bonds is 6. The maximum Gasteiger partial charge on any atom is 0.165 e. The van der Waals surface area contributed by atoms with Gasteiger partial charge in [0.25, 0.3) is 0 Å². The smallest absolute Gasteiger partial charge is 0.165 e. The molecule has 0 amide bonds. The van der Waals surface area contributed by atoms with E-state index in [1.165, 1.54) is 6.07 Å². The van der Waals surface area contributed by atoms with E-state index in [-0.39, 0.29) is 19.0 Å². The van der Waals surface area contributed by atoms with E-state index in [0.717, 1.165) is 5.56 Å². The summed E-state index contributed by atoms with van der Waals surface area (Å²) in [5, 5.41) is 9.79. The maximum atomic E-state index is 13.5. The van der Waals surface area contributed by atoms with Crippen LogP contribution in [0.25, 0.3) is 0 Å². The number of hydrogen-bond donors (Lipinski definition) is 2. The second-order valence-corrected chi connectivity index (χ2v) is 4.78. The van der Waals surface area contributed by atoms with Crippen molar-refractivity contribution in [3.63, 3.8) is 0 Å². The van der Waals surface area contributed by atoms with E-state index in [2.05, 4.69) is 0 Å². The first-order valence-corrected chi connectivity index (χ1v) is 6.60. The molecule has 0 bridgehead atoms. The minimum atomic E-state index is -0.859. The number of anilines is 1. The zero-order valence-electron chi connectivity index (χ0n) is 11.8. The fraction of sp³-hybridized carbons (Fsp3) is 0.250. The Bertz CT molecular complexity index is 587. The van der Waals surface area contributed by atoms with E-state index in [0.29, 0.717) is 11.4 Å². The van der Waals surface area contributed by atoms with Crippen molar-refractivity contribution in [2.75, 3.05) is 18.9 Å². The van der Waals surface area contributed by atoms with Crippen LogP contribution in [0.4, 0.5) is 10.1 Å². The van der Waals surface area contributed by atoms with Gasteiger partial charge in [0.15, 0.2) is 11.6 Å². The Morgan fingerprint density at radius 2 is 1.76 bits per heavy atom. The predicted molar refractivity (Wildman–Crippen MR) is 79.0 cm³/mol. The van der Waals surface area contributed by atoms with Crippen LogP contribution in [-0.4, -0.2) is 24.4 Å². The Morgan fingerprint density at radius 1 is 1.10 bits per heavy atom. The molecule has 0 saturated heterocycles. The fourth-order valence-corrected chi connectivity index (χ4v) is 1.71. The standard InChI is InChI=1S/C16H18FNO3/c1-11-2-7-15(17)16(8-11)21-10-13(19)9-20-14-5-3-12(18)4-6-14/h2-8,13,19H,9-10,18H2,1H3. The first kappa shape index (κ1) is 15.1. The van der Waals surface area contributed by atoms with Gasteiger partial charge in [-0.1, -0.05) is 6.07 Å². The first-order chi connectivity index (χ1) is 10.0. The number of halogens is 1. The highest BCUT2D eigenvalue weighted by atomic mass is 19.1. The Labute approximate surface area is 122 Å². The molecule has 0 radical (unpaired) electrons. The van der Waals surface area contributed by atoms with Crippen LogP contribution in [0.15, 0.2) is 42.5 Å². The molecule has 0 fully saturated rings. The van der Waals surface area contributed by atoms with Crippen LogP contribution < -0.4 is 15.2 Å². The molecule has 0 saturated carbocycles. The van der Waals surface area contributed by atoms with Crippen molar-refractivity contribution in [1.82, 2.24) is 0 Å². The van der Waals surface area contributed by atoms with E-state index >= 15 is 0 Å². The summed E-state index contributed by atoms with van der Waals surface area (Å²) in [5.41, 5.74) is 7.09. The van der Waals surface area contributed by atoms with Crippen molar-refractivity contribution in [2.45, 2.75) is 13.0 Å². The Hall–Kier alpha value is -2.27. The highest BCUT2D eigenvalue weighted by Crippen LogP contribution is 2.18. The summed E-state index contributed by atoms with van der Waals surface area (Å²) in [7, 11) is 0. The van der Waals surface area contributed by atoms with Gasteiger partial charge in [0.05, 0.1) is 0 Å². The molecular formula is C16H18FNO3. The van der Waals surface area contributed by atoms with Gasteiger partial charge in [-0.05, 0) is 48.9 Å². The third-order valence-electron chi connectivity index (χ3n) is 2.84. The lowest BCUT2D eigenvalue weighted by molar-refractivity contribution is 0.0612. The van der Waals surface area contributed by atoms with Gasteiger partial charge in [-0.15, -0.1) is 0 Å². The summed E-state index contributed by atoms with van der Waals surface area (Å²) < 4.78 is 24.1. The average molecular weight is 291 g/mol. The summed E-state index contributed by atoms with van der Waals surface area (Å²) in [6, 6.07) is 11.4. The van der Waals surface area contributed by atoms with Gasteiger partial charge in [-0.25, -0.2) is 4.39 Å². The molecule has 5 heteroatoms. The summed E-state index contributed by atoms with van der Waals surface area (Å²) in [4.78, 5) is 0. The molecule has 1 atom stereocenters. The molecular weight excluding hydrogens is 273 g/mol. The molecule has 0 aliphatic rings. The van der Waals surface area contributed by atoms with Crippen molar-refractivity contribution < 1.29 is 19.0 Å². The molecule has 1 unspecified atom stereocenters. The molecule has 0 aliphatic heterocycles. The molecule has 0 spiro atoms. The minimum Gasteiger partial charge on any atom is -0.491 e. The number of ether oxygens (including phenoxy) is 2. The Balaban J connectivity index is 1.80. The Kier molecular flexibility index (Phi) is 5.00. The lowest BCUT2D eigenvalue weighted by atomic mass is 10.2. The molecule has 0 aromatic heterocycles. The van der Waals surface area contributed by atoms with Gasteiger partial charge >= 0.3 is 0 Å². The zero-order chi connectivity index (χ0) is 15.2. The van der Waals surface area contributed by atoms with Crippen molar-refractivity contribution in [1.29, 1.82) is 0 Å². The van der Waals surface area contributed by atoms with Crippen LogP contribution in [0.2, 0.25) is 0 Å². The monoisotopic (exact) mass is 291 g/mol. The fourth-order valence-electron chi connectivity index (χ4n) is 1.71. The highest BCUT2D eigenvalue weighted by molar-refractivity contribution is 5.41. The van der Waals surface area contributed by atoms with Crippen LogP contribution in [0.1, 0.15) is 5.56 Å². The second kappa shape index (κ2) is 6.95. The number of aliphatic hydroxyl groups excluding tert-OH is 1. The summed E-state index contributed by atoms with van der Waals surface area (Å²) in [5.74, 6) is 0.277. The van der Waals surface area contributed by atoms with Gasteiger partial charge < -0.3 is 20.3 Å². The molecule has 0 heterocycles. The van der Waals surface area contributed by atoms with Crippen molar-refractivity contribution in [3.8, 4) is 11.5 Å². The van der Waals surface area contributed by atoms with Crippen molar-refractivity contribution in [2.24, 2.45) is 0 Å². The van der Waals surface area contributed by atoms with Crippen LogP contribution >= 0.6 is 0 Å². The van der Waals surface area contributed by atoms with Gasteiger partial charge in [-0.2, -0.15) is 0 Å². The normalized spacial score (nSPS) is 12.0. The molecule has 2 aromatic rings. The zero-order valence-corrected chi connectivity index (χ0v) is 11.8. The molecule has 21 heavy (non-hydrogen) atoms. The number of benzene rings is 2. The Morgan fingerprint density at radius 3 is 2.48 bits per heavy atom. The van der Waals surface area contributed by atoms with Gasteiger partial charge in [0.1, 0.15) is 25.1 Å². The molecule has 2 aromatic carbocycles. The number of nitrogens with two attached hydrogens (primary N) is 1. The summed E-state index contributed by atoms with van der Waals surface area (Å²) in [6.45, 7) is 1.85. The largest absolute Gasteiger partial charge is 0.491 e. The van der Waals surface area contributed by atoms with E-state index in [1.54, 1.807) is 36.4 Å². The quantitative estimate of drug-likeness (QED) is 0.803. The maximum absolute atomic E-state index is 13.5. The van der Waals surface area contributed by atoms with Gasteiger partial charge in [-0.3, -0.25) is 0 Å². The topological polar surface area (TPSA) is 64.7 Å². The molecule has 2 rings (SSSR count). The minimum absolute atomic E-state index is 0.0463. The van der Waals surface area contributed by atoms with E-state index in [9.17, 15) is 9.50 Å². The van der Waals surface area contributed by atoms with Gasteiger partial charge in [0, 0.05) is 5.69 Å². The first-order valence-electron chi connectivity index (χ1n) is 6.60. The van der Waals surface area contributed by atoms with Crippen LogP contribution in [0.5, 0.6) is 11.5 Å². The average Bonchev–Trinajstić information content (AvgIpc) is 2.47. The van der Waals surface area contributed by atoms with Crippen LogP contribution in [0, 0.1) is 12.7 Å². The number of hydrogen-bond acceptors (Lipinski definition) is 4. The third-order valence-corrected chi connectivity index (χ3v) is 2.84. The van der Waals surface area contributed by atoms with Crippen LogP contribution in [0.3, 0.4) is 0 Å². The number of nitrogen functional groups attached to an aromatic ring is 1. The summed E-state index contributed by atoms with van der Waals surface area (Å²) >= 11 is 0. The molecule has 0 aliphatic carbocycles. The number of aryl methyl sites for hydroxylation is 1. The third kappa shape index (κ3) is 4.65. The van der Waals surface area contributed by atoms with Crippen molar-refractivity contribution >= 4 is 5.69 Å². The summed E-state index contributed by atoms with van der Waals surface area (Å²) in [6.07, 6.45) is -0.859. The van der Waals surface area contributed by atoms with E-state index in [1.807, 2.05) is 6.92 Å². The lowest BCUT2D eigenvalue weighted by Crippen LogP contribution is -2.25. The van der Waals surface area contributed by atoms with Gasteiger partial charge in [0.2, 0.25) is 0 Å². The van der Waals surface area contributed by atoms with E-state index in [4.69, 9.17) is 15.2 Å². The predicted octanol–water partition coefficient (Wildman–Crippen LogP) is 2.54. The SMILES string of the molecule is Cc1ccc(F)c(OCC(O)COc2ccc(N)cc2)c1. The highest BCUT2D eigenvalue weighted by Gasteiger charge is 2.09.